The Morgan fingerprint density at radius 2 is 2.05 bits per heavy atom. The van der Waals surface area contributed by atoms with E-state index in [1.54, 1.807) is 12.1 Å². The summed E-state index contributed by atoms with van der Waals surface area (Å²) in [6.45, 7) is 7.18. The number of carbonyl (C=O) groups is 1. The van der Waals surface area contributed by atoms with Crippen LogP contribution in [0.15, 0.2) is 18.3 Å². The molecule has 1 amide bonds. The van der Waals surface area contributed by atoms with Crippen LogP contribution in [0.3, 0.4) is 0 Å². The second-order valence-electron chi connectivity index (χ2n) is 7.15. The van der Waals surface area contributed by atoms with Gasteiger partial charge < -0.3 is 10.6 Å². The predicted octanol–water partition coefficient (Wildman–Crippen LogP) is 3.87. The molecule has 0 spiro atoms. The summed E-state index contributed by atoms with van der Waals surface area (Å²) in [7, 11) is 0. The van der Waals surface area contributed by atoms with Gasteiger partial charge in [-0.2, -0.15) is 0 Å². The van der Waals surface area contributed by atoms with Crippen molar-refractivity contribution in [1.29, 1.82) is 0 Å². The number of anilines is 1. The molecule has 4 nitrogen and oxygen atoms in total. The quantitative estimate of drug-likeness (QED) is 0.884. The van der Waals surface area contributed by atoms with E-state index in [0.717, 1.165) is 6.42 Å². The van der Waals surface area contributed by atoms with E-state index in [1.807, 2.05) is 0 Å². The molecule has 1 aliphatic carbocycles. The van der Waals surface area contributed by atoms with Crippen molar-refractivity contribution in [2.75, 3.05) is 11.9 Å². The minimum absolute atomic E-state index is 0.0620. The third kappa shape index (κ3) is 4.96. The van der Waals surface area contributed by atoms with Crippen LogP contribution >= 0.6 is 11.6 Å². The fraction of sp³-hybridized carbons (Fsp3) is 0.647. The molecule has 0 aliphatic heterocycles. The Morgan fingerprint density at radius 1 is 1.32 bits per heavy atom. The molecule has 5 heteroatoms. The van der Waals surface area contributed by atoms with Gasteiger partial charge >= 0.3 is 0 Å². The van der Waals surface area contributed by atoms with Crippen LogP contribution in [-0.4, -0.2) is 23.5 Å². The first-order valence-electron chi connectivity index (χ1n) is 8.01. The maximum absolute atomic E-state index is 12.0. The van der Waals surface area contributed by atoms with Crippen molar-refractivity contribution in [3.8, 4) is 0 Å². The fourth-order valence-corrected chi connectivity index (χ4v) is 3.38. The zero-order valence-corrected chi connectivity index (χ0v) is 14.4. The third-order valence-corrected chi connectivity index (χ3v) is 4.62. The minimum Gasteiger partial charge on any atom is -0.310 e. The number of hydrogen-bond donors (Lipinski definition) is 2. The highest BCUT2D eigenvalue weighted by Crippen LogP contribution is 2.37. The highest BCUT2D eigenvalue weighted by atomic mass is 35.5. The summed E-state index contributed by atoms with van der Waals surface area (Å²) < 4.78 is 0. The summed E-state index contributed by atoms with van der Waals surface area (Å²) >= 11 is 5.78. The normalized spacial score (nSPS) is 22.4. The molecule has 0 saturated heterocycles. The van der Waals surface area contributed by atoms with Crippen LogP contribution in [-0.2, 0) is 4.79 Å². The van der Waals surface area contributed by atoms with Gasteiger partial charge in [0.1, 0.15) is 5.82 Å². The van der Waals surface area contributed by atoms with Crippen molar-refractivity contribution in [1.82, 2.24) is 10.3 Å². The van der Waals surface area contributed by atoms with Gasteiger partial charge in [-0.05, 0) is 36.3 Å². The first-order valence-corrected chi connectivity index (χ1v) is 8.39. The summed E-state index contributed by atoms with van der Waals surface area (Å²) in [5.41, 5.74) is 0.270. The summed E-state index contributed by atoms with van der Waals surface area (Å²) in [5, 5.41) is 6.80. The highest BCUT2D eigenvalue weighted by molar-refractivity contribution is 6.30. The van der Waals surface area contributed by atoms with E-state index in [1.165, 1.54) is 25.5 Å². The van der Waals surface area contributed by atoms with Gasteiger partial charge in [0.25, 0.3) is 0 Å². The lowest BCUT2D eigenvalue weighted by Gasteiger charge is -2.40. The van der Waals surface area contributed by atoms with Crippen molar-refractivity contribution in [3.63, 3.8) is 0 Å². The number of nitrogens with zero attached hydrogens (tertiary/aromatic N) is 1. The zero-order chi connectivity index (χ0) is 16.2. The molecule has 1 aromatic heterocycles. The molecular formula is C17H26ClN3O. The lowest BCUT2D eigenvalue weighted by atomic mass is 9.69. The van der Waals surface area contributed by atoms with Crippen molar-refractivity contribution in [2.45, 2.75) is 52.5 Å². The summed E-state index contributed by atoms with van der Waals surface area (Å²) in [6.07, 6.45) is 6.45. The Labute approximate surface area is 138 Å². The van der Waals surface area contributed by atoms with Crippen LogP contribution in [0.4, 0.5) is 5.82 Å². The molecule has 0 radical (unpaired) electrons. The Kier molecular flexibility index (Phi) is 5.81. The molecule has 2 rings (SSSR count). The first kappa shape index (κ1) is 17.2. The van der Waals surface area contributed by atoms with Crippen molar-refractivity contribution >= 4 is 23.3 Å². The largest absolute Gasteiger partial charge is 0.310 e. The summed E-state index contributed by atoms with van der Waals surface area (Å²) in [6, 6.07) is 3.84. The number of pyridine rings is 1. The number of carbonyl (C=O) groups excluding carboxylic acids is 1. The molecule has 2 atom stereocenters. The molecular weight excluding hydrogens is 298 g/mol. The fourth-order valence-electron chi connectivity index (χ4n) is 3.27. The van der Waals surface area contributed by atoms with Gasteiger partial charge in [0.2, 0.25) is 5.91 Å². The molecule has 1 saturated carbocycles. The van der Waals surface area contributed by atoms with E-state index < -0.39 is 0 Å². The van der Waals surface area contributed by atoms with E-state index in [9.17, 15) is 4.79 Å². The summed E-state index contributed by atoms with van der Waals surface area (Å²) in [5.74, 6) is 1.09. The molecule has 1 aromatic rings. The smallest absolute Gasteiger partial charge is 0.239 e. The second kappa shape index (κ2) is 7.42. The van der Waals surface area contributed by atoms with Crippen LogP contribution in [0.2, 0.25) is 5.02 Å². The molecule has 22 heavy (non-hydrogen) atoms. The monoisotopic (exact) mass is 323 g/mol. The summed E-state index contributed by atoms with van der Waals surface area (Å²) in [4.78, 5) is 16.1. The average molecular weight is 324 g/mol. The van der Waals surface area contributed by atoms with Gasteiger partial charge in [0, 0.05) is 12.2 Å². The zero-order valence-electron chi connectivity index (χ0n) is 13.7. The first-order chi connectivity index (χ1) is 10.4. The lowest BCUT2D eigenvalue weighted by Crippen LogP contribution is -2.46. The van der Waals surface area contributed by atoms with E-state index >= 15 is 0 Å². The van der Waals surface area contributed by atoms with E-state index in [2.05, 4.69) is 36.4 Å². The SMILES string of the molecule is CC(C)(C)C1CCCCC1NCC(=O)Nc1ccc(Cl)cn1. The average Bonchev–Trinajstić information content (AvgIpc) is 2.47. The topological polar surface area (TPSA) is 54.0 Å². The predicted molar refractivity (Wildman–Crippen MR) is 91.1 cm³/mol. The van der Waals surface area contributed by atoms with Gasteiger partial charge in [0.15, 0.2) is 0 Å². The van der Waals surface area contributed by atoms with Crippen LogP contribution in [0, 0.1) is 11.3 Å². The lowest BCUT2D eigenvalue weighted by molar-refractivity contribution is -0.115. The highest BCUT2D eigenvalue weighted by Gasteiger charge is 2.33. The third-order valence-electron chi connectivity index (χ3n) is 4.40. The number of rotatable bonds is 4. The van der Waals surface area contributed by atoms with Gasteiger partial charge in [-0.1, -0.05) is 45.2 Å². The van der Waals surface area contributed by atoms with Crippen LogP contribution < -0.4 is 10.6 Å². The number of halogens is 1. The molecule has 1 heterocycles. The molecule has 2 unspecified atom stereocenters. The van der Waals surface area contributed by atoms with Crippen LogP contribution in [0.1, 0.15) is 46.5 Å². The van der Waals surface area contributed by atoms with Gasteiger partial charge in [-0.3, -0.25) is 4.79 Å². The van der Waals surface area contributed by atoms with Gasteiger partial charge in [0.05, 0.1) is 11.6 Å². The maximum atomic E-state index is 12.0. The van der Waals surface area contributed by atoms with Gasteiger partial charge in [-0.15, -0.1) is 0 Å². The standard InChI is InChI=1S/C17H26ClN3O/c1-17(2,3)13-6-4-5-7-14(13)19-11-16(22)21-15-9-8-12(18)10-20-15/h8-10,13-14,19H,4-7,11H2,1-3H3,(H,20,21,22). The van der Waals surface area contributed by atoms with Gasteiger partial charge in [-0.25, -0.2) is 4.98 Å². The Morgan fingerprint density at radius 3 is 2.68 bits per heavy atom. The number of nitrogens with one attached hydrogen (secondary N) is 2. The van der Waals surface area contributed by atoms with E-state index in [-0.39, 0.29) is 11.3 Å². The van der Waals surface area contributed by atoms with E-state index in [4.69, 9.17) is 11.6 Å². The number of amides is 1. The Hall–Kier alpha value is -1.13. The van der Waals surface area contributed by atoms with Crippen LogP contribution in [0.5, 0.6) is 0 Å². The van der Waals surface area contributed by atoms with Crippen LogP contribution in [0.25, 0.3) is 0 Å². The number of aromatic nitrogens is 1. The van der Waals surface area contributed by atoms with Crippen molar-refractivity contribution in [2.24, 2.45) is 11.3 Å². The number of hydrogen-bond acceptors (Lipinski definition) is 3. The Bertz CT molecular complexity index is 496. The molecule has 0 aromatic carbocycles. The van der Waals surface area contributed by atoms with Crippen molar-refractivity contribution < 1.29 is 4.79 Å². The molecule has 1 fully saturated rings. The molecule has 122 valence electrons. The Balaban J connectivity index is 1.85. The molecule has 2 N–H and O–H groups in total. The second-order valence-corrected chi connectivity index (χ2v) is 7.59. The minimum atomic E-state index is -0.0620. The molecule has 0 bridgehead atoms. The molecule has 1 aliphatic rings. The van der Waals surface area contributed by atoms with E-state index in [0.29, 0.717) is 29.3 Å². The van der Waals surface area contributed by atoms with Crippen molar-refractivity contribution in [3.05, 3.63) is 23.4 Å². The maximum Gasteiger partial charge on any atom is 0.239 e.